The van der Waals surface area contributed by atoms with Gasteiger partial charge < -0.3 is 0 Å². The van der Waals surface area contributed by atoms with Crippen LogP contribution < -0.4 is 0 Å². The standard InChI is InChI=1S/C7H4O/c8-6-7-4-2-1-3-5-7/h1-2H,5H2. The fourth-order valence-corrected chi connectivity index (χ4v) is 0.479. The monoisotopic (exact) mass is 104 g/mol. The van der Waals surface area contributed by atoms with Crippen LogP contribution in [0, 0.1) is 12.2 Å². The van der Waals surface area contributed by atoms with Gasteiger partial charge in [0.1, 0.15) is 5.94 Å². The molecule has 0 amide bonds. The summed E-state index contributed by atoms with van der Waals surface area (Å²) in [5, 5.41) is 0. The van der Waals surface area contributed by atoms with E-state index >= 15 is 0 Å². The molecule has 0 aromatic rings. The first-order valence-electron chi connectivity index (χ1n) is 2.32. The van der Waals surface area contributed by atoms with Crippen molar-refractivity contribution in [1.82, 2.24) is 0 Å². The van der Waals surface area contributed by atoms with E-state index in [2.05, 4.69) is 12.2 Å². The quantitative estimate of drug-likeness (QED) is 0.417. The molecule has 8 heavy (non-hydrogen) atoms. The van der Waals surface area contributed by atoms with Crippen LogP contribution >= 0.6 is 0 Å². The second kappa shape index (κ2) is 2.29. The van der Waals surface area contributed by atoms with Crippen LogP contribution in [0.1, 0.15) is 6.42 Å². The molecule has 1 nitrogen and oxygen atoms in total. The second-order valence-electron chi connectivity index (χ2n) is 1.44. The smallest absolute Gasteiger partial charge is 0.128 e. The van der Waals surface area contributed by atoms with E-state index in [0.29, 0.717) is 12.0 Å². The summed E-state index contributed by atoms with van der Waals surface area (Å²) >= 11 is 0. The number of hydrogen-bond acceptors (Lipinski definition) is 1. The summed E-state index contributed by atoms with van der Waals surface area (Å²) in [6.07, 6.45) is 9.51. The predicted molar refractivity (Wildman–Crippen MR) is 29.4 cm³/mol. The Hall–Kier alpha value is -1.07. The predicted octanol–water partition coefficient (Wildman–Crippen LogP) is 0.867. The van der Waals surface area contributed by atoms with Crippen molar-refractivity contribution in [3.05, 3.63) is 29.9 Å². The zero-order valence-electron chi connectivity index (χ0n) is 4.27. The topological polar surface area (TPSA) is 17.1 Å². The molecule has 0 saturated heterocycles. The van der Waals surface area contributed by atoms with Gasteiger partial charge in [-0.3, -0.25) is 0 Å². The molecule has 0 aliphatic heterocycles. The van der Waals surface area contributed by atoms with Gasteiger partial charge in [-0.2, -0.15) is 0 Å². The average Bonchev–Trinajstić information content (AvgIpc) is 1.90. The van der Waals surface area contributed by atoms with Gasteiger partial charge in [0.2, 0.25) is 0 Å². The van der Waals surface area contributed by atoms with Crippen molar-refractivity contribution in [2.24, 2.45) is 0 Å². The summed E-state index contributed by atoms with van der Waals surface area (Å²) in [4.78, 5) is 9.86. The SMILES string of the molecule is O=C=C1[C]=CC=[C]C1. The third-order valence-electron chi connectivity index (χ3n) is 0.861. The van der Waals surface area contributed by atoms with Gasteiger partial charge in [0.25, 0.3) is 0 Å². The van der Waals surface area contributed by atoms with Gasteiger partial charge in [0.05, 0.1) is 0 Å². The Labute approximate surface area is 48.0 Å². The summed E-state index contributed by atoms with van der Waals surface area (Å²) in [7, 11) is 0. The Morgan fingerprint density at radius 1 is 1.62 bits per heavy atom. The van der Waals surface area contributed by atoms with E-state index in [1.165, 1.54) is 0 Å². The maximum atomic E-state index is 9.86. The lowest BCUT2D eigenvalue weighted by molar-refractivity contribution is 0.567. The van der Waals surface area contributed by atoms with E-state index in [1.54, 1.807) is 18.1 Å². The Morgan fingerprint density at radius 3 is 2.88 bits per heavy atom. The number of rotatable bonds is 0. The largest absolute Gasteiger partial charge is 0.233 e. The molecule has 0 heterocycles. The van der Waals surface area contributed by atoms with E-state index in [-0.39, 0.29) is 0 Å². The molecule has 0 fully saturated rings. The zero-order valence-corrected chi connectivity index (χ0v) is 4.27. The van der Waals surface area contributed by atoms with Crippen LogP contribution in [0.2, 0.25) is 0 Å². The van der Waals surface area contributed by atoms with Crippen molar-refractivity contribution >= 4 is 5.94 Å². The van der Waals surface area contributed by atoms with E-state index in [1.807, 2.05) is 0 Å². The molecule has 0 N–H and O–H groups in total. The molecule has 0 aromatic carbocycles. The number of carbonyl (C=O) groups excluding carboxylic acids is 1. The lowest BCUT2D eigenvalue weighted by atomic mass is 10.1. The lowest BCUT2D eigenvalue weighted by Crippen LogP contribution is -1.80. The van der Waals surface area contributed by atoms with Gasteiger partial charge in [-0.15, -0.1) is 0 Å². The molecule has 0 aromatic heterocycles. The lowest BCUT2D eigenvalue weighted by Gasteiger charge is -1.90. The Balaban J connectivity index is 2.80. The number of hydrogen-bond donors (Lipinski definition) is 0. The normalized spacial score (nSPS) is 16.2. The van der Waals surface area contributed by atoms with Gasteiger partial charge >= 0.3 is 0 Å². The molecule has 0 bridgehead atoms. The maximum Gasteiger partial charge on any atom is 0.128 e. The van der Waals surface area contributed by atoms with Crippen molar-refractivity contribution in [2.75, 3.05) is 0 Å². The summed E-state index contributed by atoms with van der Waals surface area (Å²) in [5.74, 6) is 1.75. The molecule has 0 spiro atoms. The molecule has 0 atom stereocenters. The zero-order chi connectivity index (χ0) is 5.82. The molecule has 2 radical (unpaired) electrons. The summed E-state index contributed by atoms with van der Waals surface area (Å²) in [6.45, 7) is 0. The average molecular weight is 104 g/mol. The fraction of sp³-hybridized carbons (Fsp3) is 0.143. The van der Waals surface area contributed by atoms with E-state index in [9.17, 15) is 4.79 Å². The minimum absolute atomic E-state index is 0.549. The molecule has 0 unspecified atom stereocenters. The highest BCUT2D eigenvalue weighted by molar-refractivity contribution is 5.56. The first-order valence-corrected chi connectivity index (χ1v) is 2.32. The highest BCUT2D eigenvalue weighted by Gasteiger charge is 1.92. The molecule has 1 rings (SSSR count). The van der Waals surface area contributed by atoms with Crippen molar-refractivity contribution in [3.63, 3.8) is 0 Å². The van der Waals surface area contributed by atoms with Gasteiger partial charge in [-0.1, -0.05) is 12.2 Å². The Bertz CT molecular complexity index is 181. The van der Waals surface area contributed by atoms with Crippen LogP contribution in [0.25, 0.3) is 0 Å². The Morgan fingerprint density at radius 2 is 2.50 bits per heavy atom. The Kier molecular flexibility index (Phi) is 1.45. The summed E-state index contributed by atoms with van der Waals surface area (Å²) in [5.41, 5.74) is 0.549. The molecule has 1 heteroatoms. The number of allylic oxidation sites excluding steroid dienone is 5. The molecule has 1 aliphatic rings. The van der Waals surface area contributed by atoms with E-state index in [0.717, 1.165) is 0 Å². The van der Waals surface area contributed by atoms with E-state index < -0.39 is 0 Å². The molecule has 38 valence electrons. The summed E-state index contributed by atoms with van der Waals surface area (Å²) < 4.78 is 0. The summed E-state index contributed by atoms with van der Waals surface area (Å²) in [6, 6.07) is 0. The third-order valence-corrected chi connectivity index (χ3v) is 0.861. The van der Waals surface area contributed by atoms with Crippen LogP contribution in [-0.4, -0.2) is 5.94 Å². The minimum atomic E-state index is 0.549. The highest BCUT2D eigenvalue weighted by atomic mass is 16.1. The second-order valence-corrected chi connectivity index (χ2v) is 1.44. The van der Waals surface area contributed by atoms with Gasteiger partial charge in [-0.05, 0) is 12.2 Å². The minimum Gasteiger partial charge on any atom is -0.233 e. The highest BCUT2D eigenvalue weighted by Crippen LogP contribution is 2.02. The van der Waals surface area contributed by atoms with E-state index in [4.69, 9.17) is 0 Å². The first-order chi connectivity index (χ1) is 3.93. The van der Waals surface area contributed by atoms with Gasteiger partial charge in [0, 0.05) is 12.0 Å². The van der Waals surface area contributed by atoms with Crippen LogP contribution in [0.4, 0.5) is 0 Å². The maximum absolute atomic E-state index is 9.86. The van der Waals surface area contributed by atoms with Crippen LogP contribution in [0.5, 0.6) is 0 Å². The van der Waals surface area contributed by atoms with Crippen molar-refractivity contribution in [3.8, 4) is 0 Å². The third kappa shape index (κ3) is 0.955. The van der Waals surface area contributed by atoms with Crippen molar-refractivity contribution < 1.29 is 4.79 Å². The fourth-order valence-electron chi connectivity index (χ4n) is 0.479. The van der Waals surface area contributed by atoms with Gasteiger partial charge in [0.15, 0.2) is 0 Å². The molecular formula is C7H4O. The van der Waals surface area contributed by atoms with Crippen LogP contribution in [-0.2, 0) is 4.79 Å². The van der Waals surface area contributed by atoms with Crippen LogP contribution in [0.15, 0.2) is 17.7 Å². The molecular weight excluding hydrogens is 100 g/mol. The van der Waals surface area contributed by atoms with Crippen molar-refractivity contribution in [2.45, 2.75) is 6.42 Å². The van der Waals surface area contributed by atoms with Gasteiger partial charge in [-0.25, -0.2) is 4.79 Å². The van der Waals surface area contributed by atoms with Crippen LogP contribution in [0.3, 0.4) is 0 Å². The van der Waals surface area contributed by atoms with Crippen molar-refractivity contribution in [1.29, 1.82) is 0 Å². The first kappa shape index (κ1) is 5.07. The molecule has 1 aliphatic carbocycles. The molecule has 0 saturated carbocycles.